The molecule has 0 saturated carbocycles. The molecule has 2 aliphatic heterocycles. The summed E-state index contributed by atoms with van der Waals surface area (Å²) in [7, 11) is 0. The van der Waals surface area contributed by atoms with Crippen LogP contribution in [0, 0.1) is 0 Å². The molecule has 2 saturated heterocycles. The van der Waals surface area contributed by atoms with Gasteiger partial charge in [-0.05, 0) is 19.8 Å². The van der Waals surface area contributed by atoms with Crippen LogP contribution in [-0.2, 0) is 9.59 Å². The Balaban J connectivity index is 2.20. The number of rotatable bonds is 1. The van der Waals surface area contributed by atoms with Crippen LogP contribution in [0.4, 0.5) is 0 Å². The first-order chi connectivity index (χ1) is 6.61. The maximum atomic E-state index is 11.7. The average Bonchev–Trinajstić information content (AvgIpc) is 2.59. The van der Waals surface area contributed by atoms with Crippen molar-refractivity contribution in [3.05, 3.63) is 0 Å². The second kappa shape index (κ2) is 3.24. The Bertz CT molecular complexity index is 273. The van der Waals surface area contributed by atoms with E-state index < -0.39 is 12.1 Å². The number of nitrogens with one attached hydrogen (secondary N) is 1. The zero-order valence-corrected chi connectivity index (χ0v) is 8.06. The highest BCUT2D eigenvalue weighted by Gasteiger charge is 2.44. The smallest absolute Gasteiger partial charge is 0.248 e. The molecule has 0 spiro atoms. The van der Waals surface area contributed by atoms with Crippen LogP contribution in [0.15, 0.2) is 0 Å². The van der Waals surface area contributed by atoms with Crippen LogP contribution < -0.4 is 5.32 Å². The Hall–Kier alpha value is -1.10. The lowest BCUT2D eigenvalue weighted by Gasteiger charge is -2.35. The molecule has 5 nitrogen and oxygen atoms in total. The summed E-state index contributed by atoms with van der Waals surface area (Å²) < 4.78 is 0. The van der Waals surface area contributed by atoms with Crippen molar-refractivity contribution in [1.82, 2.24) is 10.2 Å². The van der Waals surface area contributed by atoms with E-state index in [-0.39, 0.29) is 17.9 Å². The van der Waals surface area contributed by atoms with Crippen LogP contribution in [0.5, 0.6) is 0 Å². The predicted octanol–water partition coefficient (Wildman–Crippen LogP) is -1.14. The summed E-state index contributed by atoms with van der Waals surface area (Å²) >= 11 is 0. The van der Waals surface area contributed by atoms with Gasteiger partial charge in [0.1, 0.15) is 12.1 Å². The summed E-state index contributed by atoms with van der Waals surface area (Å²) in [6.07, 6.45) is 0.786. The Morgan fingerprint density at radius 1 is 1.57 bits per heavy atom. The van der Waals surface area contributed by atoms with Crippen LogP contribution in [0.1, 0.15) is 19.8 Å². The molecule has 2 N–H and O–H groups in total. The number of aliphatic hydroxyl groups is 1. The van der Waals surface area contributed by atoms with Crippen LogP contribution in [0.2, 0.25) is 0 Å². The molecule has 0 unspecified atom stereocenters. The van der Waals surface area contributed by atoms with E-state index in [4.69, 9.17) is 0 Å². The first kappa shape index (κ1) is 9.45. The van der Waals surface area contributed by atoms with Crippen LogP contribution in [0.3, 0.4) is 0 Å². The SMILES string of the molecule is C[C@@H](O)[C@H]1NC(=O)[C@@H]2CCCN2C1=O. The Morgan fingerprint density at radius 3 is 2.93 bits per heavy atom. The van der Waals surface area contributed by atoms with Gasteiger partial charge in [0.25, 0.3) is 0 Å². The molecule has 0 aromatic carbocycles. The monoisotopic (exact) mass is 198 g/mol. The van der Waals surface area contributed by atoms with Crippen molar-refractivity contribution in [2.75, 3.05) is 6.54 Å². The molecular weight excluding hydrogens is 184 g/mol. The molecule has 5 heteroatoms. The van der Waals surface area contributed by atoms with E-state index in [1.807, 2.05) is 0 Å². The maximum Gasteiger partial charge on any atom is 0.248 e. The lowest BCUT2D eigenvalue weighted by molar-refractivity contribution is -0.149. The third kappa shape index (κ3) is 1.28. The molecule has 0 aromatic heterocycles. The topological polar surface area (TPSA) is 69.6 Å². The Kier molecular flexibility index (Phi) is 2.19. The van der Waals surface area contributed by atoms with Gasteiger partial charge >= 0.3 is 0 Å². The van der Waals surface area contributed by atoms with E-state index in [2.05, 4.69) is 5.32 Å². The van der Waals surface area contributed by atoms with Gasteiger partial charge in [0.05, 0.1) is 6.10 Å². The van der Waals surface area contributed by atoms with Gasteiger partial charge < -0.3 is 15.3 Å². The molecule has 2 heterocycles. The number of nitrogens with zero attached hydrogens (tertiary/aromatic N) is 1. The fourth-order valence-corrected chi connectivity index (χ4v) is 2.12. The Morgan fingerprint density at radius 2 is 2.29 bits per heavy atom. The fourth-order valence-electron chi connectivity index (χ4n) is 2.12. The number of fused-ring (bicyclic) bond motifs is 1. The van der Waals surface area contributed by atoms with E-state index in [9.17, 15) is 14.7 Å². The zero-order valence-electron chi connectivity index (χ0n) is 8.06. The van der Waals surface area contributed by atoms with Crippen molar-refractivity contribution in [1.29, 1.82) is 0 Å². The number of hydrogen-bond donors (Lipinski definition) is 2. The minimum absolute atomic E-state index is 0.131. The third-order valence-corrected chi connectivity index (χ3v) is 2.88. The average molecular weight is 198 g/mol. The molecule has 0 aromatic rings. The van der Waals surface area contributed by atoms with Crippen molar-refractivity contribution < 1.29 is 14.7 Å². The number of amides is 2. The van der Waals surface area contributed by atoms with Crippen LogP contribution >= 0.6 is 0 Å². The minimum atomic E-state index is -0.826. The molecule has 14 heavy (non-hydrogen) atoms. The molecule has 2 amide bonds. The number of carbonyl (C=O) groups is 2. The maximum absolute atomic E-state index is 11.7. The quantitative estimate of drug-likeness (QED) is 0.559. The van der Waals surface area contributed by atoms with Crippen molar-refractivity contribution >= 4 is 11.8 Å². The molecule has 0 aliphatic carbocycles. The number of carbonyl (C=O) groups excluding carboxylic acids is 2. The van der Waals surface area contributed by atoms with E-state index in [0.29, 0.717) is 6.54 Å². The molecule has 2 fully saturated rings. The minimum Gasteiger partial charge on any atom is -0.391 e. The molecule has 3 atom stereocenters. The second-order valence-corrected chi connectivity index (χ2v) is 3.92. The van der Waals surface area contributed by atoms with Gasteiger partial charge in [0, 0.05) is 6.54 Å². The molecule has 78 valence electrons. The normalized spacial score (nSPS) is 34.0. The third-order valence-electron chi connectivity index (χ3n) is 2.88. The summed E-state index contributed by atoms with van der Waals surface area (Å²) in [6, 6.07) is -1.05. The molecule has 2 rings (SSSR count). The van der Waals surface area contributed by atoms with Crippen molar-refractivity contribution in [3.63, 3.8) is 0 Å². The van der Waals surface area contributed by atoms with E-state index in [0.717, 1.165) is 12.8 Å². The van der Waals surface area contributed by atoms with Crippen molar-refractivity contribution in [3.8, 4) is 0 Å². The van der Waals surface area contributed by atoms with E-state index in [1.165, 1.54) is 6.92 Å². The standard InChI is InChI=1S/C9H14N2O3/c1-5(12)7-9(14)11-4-2-3-6(11)8(13)10-7/h5-7,12H,2-4H2,1H3,(H,10,13)/t5-,6+,7-/m1/s1. The molecular formula is C9H14N2O3. The van der Waals surface area contributed by atoms with Gasteiger partial charge in [-0.25, -0.2) is 0 Å². The molecule has 0 radical (unpaired) electrons. The number of aliphatic hydroxyl groups excluding tert-OH is 1. The van der Waals surface area contributed by atoms with Gasteiger partial charge in [-0.15, -0.1) is 0 Å². The lowest BCUT2D eigenvalue weighted by Crippen LogP contribution is -2.64. The molecule has 0 bridgehead atoms. The first-order valence-electron chi connectivity index (χ1n) is 4.90. The van der Waals surface area contributed by atoms with E-state index >= 15 is 0 Å². The number of hydrogen-bond acceptors (Lipinski definition) is 3. The second-order valence-electron chi connectivity index (χ2n) is 3.92. The van der Waals surface area contributed by atoms with Gasteiger partial charge in [-0.2, -0.15) is 0 Å². The fraction of sp³-hybridized carbons (Fsp3) is 0.778. The largest absolute Gasteiger partial charge is 0.391 e. The highest BCUT2D eigenvalue weighted by molar-refractivity contribution is 5.97. The van der Waals surface area contributed by atoms with Crippen LogP contribution in [0.25, 0.3) is 0 Å². The zero-order chi connectivity index (χ0) is 10.3. The molecule has 2 aliphatic rings. The van der Waals surface area contributed by atoms with Crippen LogP contribution in [-0.4, -0.2) is 46.6 Å². The lowest BCUT2D eigenvalue weighted by atomic mass is 10.1. The van der Waals surface area contributed by atoms with Crippen molar-refractivity contribution in [2.24, 2.45) is 0 Å². The van der Waals surface area contributed by atoms with Gasteiger partial charge in [0.15, 0.2) is 0 Å². The highest BCUT2D eigenvalue weighted by Crippen LogP contribution is 2.22. The summed E-state index contributed by atoms with van der Waals surface area (Å²) in [5.41, 5.74) is 0. The summed E-state index contributed by atoms with van der Waals surface area (Å²) in [4.78, 5) is 24.8. The summed E-state index contributed by atoms with van der Waals surface area (Å²) in [5.74, 6) is -0.282. The van der Waals surface area contributed by atoms with Crippen molar-refractivity contribution in [2.45, 2.75) is 38.0 Å². The summed E-state index contributed by atoms with van der Waals surface area (Å²) in [6.45, 7) is 2.15. The summed E-state index contributed by atoms with van der Waals surface area (Å²) in [5, 5.41) is 11.9. The van der Waals surface area contributed by atoms with Gasteiger partial charge in [0.2, 0.25) is 11.8 Å². The van der Waals surface area contributed by atoms with Gasteiger partial charge in [-0.1, -0.05) is 0 Å². The van der Waals surface area contributed by atoms with Gasteiger partial charge in [-0.3, -0.25) is 9.59 Å². The highest BCUT2D eigenvalue weighted by atomic mass is 16.3. The number of piperazine rings is 1. The predicted molar refractivity (Wildman–Crippen MR) is 48.3 cm³/mol. The Labute approximate surface area is 82.1 Å². The van der Waals surface area contributed by atoms with E-state index in [1.54, 1.807) is 4.90 Å². The first-order valence-corrected chi connectivity index (χ1v) is 4.90.